The highest BCUT2D eigenvalue weighted by Crippen LogP contribution is 2.37. The van der Waals surface area contributed by atoms with Crippen LogP contribution in [0.1, 0.15) is 37.0 Å². The Morgan fingerprint density at radius 2 is 2.43 bits per heavy atom. The van der Waals surface area contributed by atoms with Crippen LogP contribution in [0.3, 0.4) is 0 Å². The minimum Gasteiger partial charge on any atom is -0.309 e. The van der Waals surface area contributed by atoms with Crippen molar-refractivity contribution in [2.45, 2.75) is 33.2 Å². The van der Waals surface area contributed by atoms with Crippen LogP contribution in [-0.4, -0.2) is 11.5 Å². The topological polar surface area (TPSA) is 24.9 Å². The van der Waals surface area contributed by atoms with E-state index in [4.69, 9.17) is 0 Å². The molecule has 2 nitrogen and oxygen atoms in total. The fourth-order valence-electron chi connectivity index (χ4n) is 1.70. The van der Waals surface area contributed by atoms with Crippen LogP contribution in [0, 0.1) is 18.8 Å². The summed E-state index contributed by atoms with van der Waals surface area (Å²) in [4.78, 5) is 4.48. The van der Waals surface area contributed by atoms with Crippen LogP contribution in [0.25, 0.3) is 0 Å². The van der Waals surface area contributed by atoms with Gasteiger partial charge >= 0.3 is 0 Å². The van der Waals surface area contributed by atoms with Gasteiger partial charge in [0.1, 0.15) is 0 Å². The number of aryl methyl sites for hydroxylation is 1. The Balaban J connectivity index is 1.80. The van der Waals surface area contributed by atoms with E-state index in [1.54, 1.807) is 11.3 Å². The van der Waals surface area contributed by atoms with E-state index in [0.29, 0.717) is 6.04 Å². The molecule has 3 heteroatoms. The predicted octanol–water partition coefficient (Wildman–Crippen LogP) is 2.76. The molecule has 0 aliphatic heterocycles. The fourth-order valence-corrected chi connectivity index (χ4v) is 2.40. The molecule has 0 amide bonds. The molecule has 14 heavy (non-hydrogen) atoms. The van der Waals surface area contributed by atoms with Gasteiger partial charge in [0.05, 0.1) is 10.7 Å². The highest BCUT2D eigenvalue weighted by molar-refractivity contribution is 7.09. The highest BCUT2D eigenvalue weighted by Gasteiger charge is 2.32. The van der Waals surface area contributed by atoms with E-state index in [2.05, 4.69) is 36.5 Å². The number of nitrogens with one attached hydrogen (secondary N) is 1. The van der Waals surface area contributed by atoms with Crippen molar-refractivity contribution in [1.82, 2.24) is 10.3 Å². The van der Waals surface area contributed by atoms with Crippen LogP contribution >= 0.6 is 11.3 Å². The summed E-state index contributed by atoms with van der Waals surface area (Å²) in [7, 11) is 0. The average molecular weight is 210 g/mol. The molecule has 78 valence electrons. The number of rotatable bonds is 4. The van der Waals surface area contributed by atoms with E-state index in [1.165, 1.54) is 12.1 Å². The molecule has 0 radical (unpaired) electrons. The summed E-state index contributed by atoms with van der Waals surface area (Å²) in [6.07, 6.45) is 1.40. The molecule has 1 aromatic rings. The van der Waals surface area contributed by atoms with Gasteiger partial charge in [-0.2, -0.15) is 0 Å². The van der Waals surface area contributed by atoms with Gasteiger partial charge in [-0.1, -0.05) is 6.92 Å². The largest absolute Gasteiger partial charge is 0.309 e. The quantitative estimate of drug-likeness (QED) is 0.826. The smallest absolute Gasteiger partial charge is 0.0898 e. The Morgan fingerprint density at radius 3 is 2.93 bits per heavy atom. The lowest BCUT2D eigenvalue weighted by atomic mass is 10.2. The third-order valence-corrected chi connectivity index (χ3v) is 3.83. The van der Waals surface area contributed by atoms with Crippen molar-refractivity contribution in [3.05, 3.63) is 16.1 Å². The number of hydrogen-bond acceptors (Lipinski definition) is 3. The van der Waals surface area contributed by atoms with E-state index >= 15 is 0 Å². The Labute approximate surface area is 89.8 Å². The predicted molar refractivity (Wildman–Crippen MR) is 60.5 cm³/mol. The number of thiazole rings is 1. The molecule has 1 aromatic heterocycles. The molecule has 3 atom stereocenters. The molecule has 0 saturated heterocycles. The minimum absolute atomic E-state index is 0.410. The van der Waals surface area contributed by atoms with Gasteiger partial charge in [0.25, 0.3) is 0 Å². The van der Waals surface area contributed by atoms with Crippen molar-refractivity contribution in [1.29, 1.82) is 0 Å². The first-order valence-electron chi connectivity index (χ1n) is 5.32. The van der Waals surface area contributed by atoms with Crippen molar-refractivity contribution in [3.8, 4) is 0 Å². The van der Waals surface area contributed by atoms with Gasteiger partial charge in [0.2, 0.25) is 0 Å². The zero-order valence-electron chi connectivity index (χ0n) is 9.08. The molecule has 0 bridgehead atoms. The van der Waals surface area contributed by atoms with Crippen LogP contribution in [0.4, 0.5) is 0 Å². The van der Waals surface area contributed by atoms with E-state index in [-0.39, 0.29) is 0 Å². The monoisotopic (exact) mass is 210 g/mol. The Morgan fingerprint density at radius 1 is 1.71 bits per heavy atom. The van der Waals surface area contributed by atoms with E-state index in [0.717, 1.165) is 23.4 Å². The molecule has 2 rings (SSSR count). The Bertz CT molecular complexity index is 308. The Kier molecular flexibility index (Phi) is 2.88. The van der Waals surface area contributed by atoms with E-state index in [1.807, 2.05) is 0 Å². The molecule has 0 spiro atoms. The first kappa shape index (κ1) is 10.1. The number of nitrogens with zero attached hydrogens (tertiary/aromatic N) is 1. The lowest BCUT2D eigenvalue weighted by Gasteiger charge is -2.10. The number of hydrogen-bond donors (Lipinski definition) is 1. The second-order valence-corrected chi connectivity index (χ2v) is 5.46. The lowest BCUT2D eigenvalue weighted by molar-refractivity contribution is 0.527. The molecule has 1 N–H and O–H groups in total. The molecule has 1 heterocycles. The second kappa shape index (κ2) is 3.99. The van der Waals surface area contributed by atoms with E-state index < -0.39 is 0 Å². The first-order chi connectivity index (χ1) is 6.66. The van der Waals surface area contributed by atoms with Crippen LogP contribution in [0.2, 0.25) is 0 Å². The molecule has 1 saturated carbocycles. The van der Waals surface area contributed by atoms with Gasteiger partial charge in [0, 0.05) is 11.4 Å². The third kappa shape index (κ3) is 2.34. The highest BCUT2D eigenvalue weighted by atomic mass is 32.1. The van der Waals surface area contributed by atoms with E-state index in [9.17, 15) is 0 Å². The summed E-state index contributed by atoms with van der Waals surface area (Å²) in [5.41, 5.74) is 1.20. The van der Waals surface area contributed by atoms with Crippen LogP contribution in [0.15, 0.2) is 5.38 Å². The van der Waals surface area contributed by atoms with Gasteiger partial charge in [-0.25, -0.2) is 4.98 Å². The van der Waals surface area contributed by atoms with Gasteiger partial charge in [-0.15, -0.1) is 11.3 Å². The summed E-state index contributed by atoms with van der Waals surface area (Å²) in [5, 5.41) is 6.87. The maximum atomic E-state index is 4.48. The van der Waals surface area contributed by atoms with Gasteiger partial charge in [0.15, 0.2) is 0 Å². The van der Waals surface area contributed by atoms with Crippen molar-refractivity contribution < 1.29 is 0 Å². The summed E-state index contributed by atoms with van der Waals surface area (Å²) < 4.78 is 0. The van der Waals surface area contributed by atoms with Crippen molar-refractivity contribution in [2.75, 3.05) is 6.54 Å². The summed E-state index contributed by atoms with van der Waals surface area (Å²) in [5.74, 6) is 1.85. The molecular formula is C11H18N2S. The average Bonchev–Trinajstić information content (AvgIpc) is 2.66. The zero-order valence-corrected chi connectivity index (χ0v) is 9.90. The molecule has 1 aliphatic rings. The molecule has 0 aromatic carbocycles. The fraction of sp³-hybridized carbons (Fsp3) is 0.727. The van der Waals surface area contributed by atoms with Crippen molar-refractivity contribution >= 4 is 11.3 Å². The lowest BCUT2D eigenvalue weighted by Crippen LogP contribution is -2.21. The molecule has 3 unspecified atom stereocenters. The summed E-state index contributed by atoms with van der Waals surface area (Å²) in [6.45, 7) is 7.73. The number of aromatic nitrogens is 1. The van der Waals surface area contributed by atoms with Crippen molar-refractivity contribution in [3.63, 3.8) is 0 Å². The summed E-state index contributed by atoms with van der Waals surface area (Å²) >= 11 is 1.73. The SMILES string of the molecule is Cc1nc(C(C)NCC2CC2C)cs1. The molecular weight excluding hydrogens is 192 g/mol. The van der Waals surface area contributed by atoms with Crippen molar-refractivity contribution in [2.24, 2.45) is 11.8 Å². The van der Waals surface area contributed by atoms with Crippen LogP contribution in [-0.2, 0) is 0 Å². The third-order valence-electron chi connectivity index (χ3n) is 3.04. The molecule has 1 fully saturated rings. The van der Waals surface area contributed by atoms with Crippen LogP contribution in [0.5, 0.6) is 0 Å². The normalized spacial score (nSPS) is 27.6. The maximum Gasteiger partial charge on any atom is 0.0898 e. The molecule has 1 aliphatic carbocycles. The standard InChI is InChI=1S/C11H18N2S/c1-7-4-10(7)5-12-8(2)11-6-14-9(3)13-11/h6-8,10,12H,4-5H2,1-3H3. The first-order valence-corrected chi connectivity index (χ1v) is 6.20. The van der Waals surface area contributed by atoms with Gasteiger partial charge < -0.3 is 5.32 Å². The Hall–Kier alpha value is -0.410. The second-order valence-electron chi connectivity index (χ2n) is 4.39. The summed E-state index contributed by atoms with van der Waals surface area (Å²) in [6, 6.07) is 0.410. The van der Waals surface area contributed by atoms with Gasteiger partial charge in [-0.3, -0.25) is 0 Å². The maximum absolute atomic E-state index is 4.48. The van der Waals surface area contributed by atoms with Crippen LogP contribution < -0.4 is 5.32 Å². The zero-order chi connectivity index (χ0) is 10.1. The minimum atomic E-state index is 0.410. The van der Waals surface area contributed by atoms with Gasteiger partial charge in [-0.05, 0) is 38.6 Å².